The number of nitriles is 1. The number of benzene rings is 5. The zero-order valence-corrected chi connectivity index (χ0v) is 34.9. The number of rotatable bonds is 15. The smallest absolute Gasteiger partial charge is 0.346 e. The number of anilines is 3. The molecule has 0 aliphatic carbocycles. The van der Waals surface area contributed by atoms with Gasteiger partial charge in [-0.05, 0) is 125 Å². The molecule has 7 aromatic rings. The number of nitrogens with zero attached hydrogens (tertiary/aromatic N) is 3. The van der Waals surface area contributed by atoms with E-state index in [9.17, 15) is 14.7 Å². The normalized spacial score (nSPS) is 11.7. The van der Waals surface area contributed by atoms with Gasteiger partial charge in [-0.2, -0.15) is 5.26 Å². The Labute approximate surface area is 367 Å². The van der Waals surface area contributed by atoms with E-state index in [-0.39, 0.29) is 11.3 Å². The van der Waals surface area contributed by atoms with Crippen molar-refractivity contribution >= 4 is 88.1 Å². The average molecular weight is 848 g/mol. The summed E-state index contributed by atoms with van der Waals surface area (Å²) < 4.78 is 5.73. The van der Waals surface area contributed by atoms with Gasteiger partial charge >= 0.3 is 11.9 Å². The third-order valence-corrected chi connectivity index (χ3v) is 11.7. The maximum Gasteiger partial charge on any atom is 0.346 e. The highest BCUT2D eigenvalue weighted by Crippen LogP contribution is 2.37. The standard InChI is InChI=1S/C52H37N3O5S2/c1-3-60-45-26-24-44(25-27-45)55(42-20-12-37(13-21-42)6-4-35-8-16-39(17-9-35)49-30-28-46(61-49)32-41(34-53)51(56)57)43-22-14-38(15-23-43)7-5-36-10-18-40(19-11-36)50-31-29-47(62-50)33-48(54-2)52(58)59/h4-33H,3H2,1H3,(H,56,57)(H,58,59). The van der Waals surface area contributed by atoms with Crippen LogP contribution in [-0.4, -0.2) is 28.8 Å². The second-order valence-electron chi connectivity index (χ2n) is 13.7. The van der Waals surface area contributed by atoms with Gasteiger partial charge in [0.1, 0.15) is 17.4 Å². The van der Waals surface area contributed by atoms with Crippen LogP contribution in [0.4, 0.5) is 17.1 Å². The number of thiophene rings is 2. The summed E-state index contributed by atoms with van der Waals surface area (Å²) in [5.41, 5.74) is 8.56. The van der Waals surface area contributed by atoms with Crippen LogP contribution in [0.2, 0.25) is 0 Å². The van der Waals surface area contributed by atoms with Crippen LogP contribution in [0.3, 0.4) is 0 Å². The fraction of sp³-hybridized carbons (Fsp3) is 0.0385. The maximum absolute atomic E-state index is 11.2. The lowest BCUT2D eigenvalue weighted by Crippen LogP contribution is -2.09. The van der Waals surface area contributed by atoms with Gasteiger partial charge in [0.05, 0.1) is 13.2 Å². The molecule has 0 saturated heterocycles. The molecule has 2 heterocycles. The van der Waals surface area contributed by atoms with E-state index in [1.165, 1.54) is 34.8 Å². The molecule has 2 aromatic heterocycles. The SMILES string of the molecule is [C-]#[N+]C(=Cc1ccc(-c2ccc(C=Cc3ccc(N(c4ccc(C=Cc5ccc(-c6ccc(C=C(C#N)C(=O)O)s6)cc5)cc4)c4ccc(OCC)cc4)cc3)cc2)s1)C(=O)O. The fourth-order valence-corrected chi connectivity index (χ4v) is 8.32. The maximum atomic E-state index is 11.2. The van der Waals surface area contributed by atoms with Gasteiger partial charge in [-0.15, -0.1) is 22.7 Å². The monoisotopic (exact) mass is 847 g/mol. The molecule has 0 unspecified atom stereocenters. The number of hydrogen-bond acceptors (Lipinski definition) is 7. The zero-order valence-electron chi connectivity index (χ0n) is 33.3. The van der Waals surface area contributed by atoms with Gasteiger partial charge in [0.15, 0.2) is 0 Å². The minimum Gasteiger partial charge on any atom is -0.494 e. The van der Waals surface area contributed by atoms with Crippen LogP contribution in [0.1, 0.15) is 38.9 Å². The van der Waals surface area contributed by atoms with Crippen molar-refractivity contribution in [2.75, 3.05) is 11.5 Å². The van der Waals surface area contributed by atoms with E-state index in [2.05, 4.69) is 94.7 Å². The Hall–Kier alpha value is -8.02. The van der Waals surface area contributed by atoms with Gasteiger partial charge in [0.2, 0.25) is 0 Å². The number of ether oxygens (including phenoxy) is 1. The summed E-state index contributed by atoms with van der Waals surface area (Å²) in [7, 11) is 0. The Morgan fingerprint density at radius 3 is 1.39 bits per heavy atom. The van der Waals surface area contributed by atoms with Crippen molar-refractivity contribution < 1.29 is 24.5 Å². The number of carboxylic acid groups (broad SMARTS) is 2. The molecule has 0 amide bonds. The second kappa shape index (κ2) is 19.8. The third kappa shape index (κ3) is 10.6. The molecule has 0 spiro atoms. The van der Waals surface area contributed by atoms with Crippen molar-refractivity contribution in [1.82, 2.24) is 0 Å². The van der Waals surface area contributed by atoms with E-state index in [1.54, 1.807) is 6.07 Å². The second-order valence-corrected chi connectivity index (χ2v) is 15.9. The largest absolute Gasteiger partial charge is 0.494 e. The number of carbonyl (C=O) groups is 2. The molecular formula is C52H37N3O5S2. The van der Waals surface area contributed by atoms with Crippen LogP contribution in [-0.2, 0) is 9.59 Å². The Morgan fingerprint density at radius 1 is 0.613 bits per heavy atom. The molecule has 0 radical (unpaired) electrons. The Balaban J connectivity index is 1.04. The van der Waals surface area contributed by atoms with E-state index in [0.717, 1.165) is 65.9 Å². The van der Waals surface area contributed by atoms with Gasteiger partial charge < -0.3 is 19.8 Å². The summed E-state index contributed by atoms with van der Waals surface area (Å²) in [4.78, 5) is 31.1. The van der Waals surface area contributed by atoms with Crippen molar-refractivity contribution in [2.24, 2.45) is 0 Å². The quantitative estimate of drug-likeness (QED) is 0.0457. The van der Waals surface area contributed by atoms with Gasteiger partial charge in [0, 0.05) is 36.6 Å². The van der Waals surface area contributed by atoms with E-state index < -0.39 is 11.9 Å². The lowest BCUT2D eigenvalue weighted by molar-refractivity contribution is -0.133. The van der Waals surface area contributed by atoms with E-state index in [0.29, 0.717) is 16.4 Å². The van der Waals surface area contributed by atoms with Gasteiger partial charge in [-0.25, -0.2) is 9.64 Å². The summed E-state index contributed by atoms with van der Waals surface area (Å²) in [5, 5.41) is 27.4. The predicted octanol–water partition coefficient (Wildman–Crippen LogP) is 13.7. The van der Waals surface area contributed by atoms with E-state index in [1.807, 2.05) is 91.9 Å². The first kappa shape index (κ1) is 42.1. The molecule has 0 bridgehead atoms. The first-order valence-corrected chi connectivity index (χ1v) is 21.0. The third-order valence-electron chi connectivity index (χ3n) is 9.54. The van der Waals surface area contributed by atoms with Crippen LogP contribution >= 0.6 is 22.7 Å². The van der Waals surface area contributed by atoms with Crippen LogP contribution in [0.15, 0.2) is 157 Å². The fourth-order valence-electron chi connectivity index (χ4n) is 6.41. The first-order valence-electron chi connectivity index (χ1n) is 19.4. The molecular weight excluding hydrogens is 811 g/mol. The molecule has 0 aliphatic rings. The van der Waals surface area contributed by atoms with Crippen molar-refractivity contribution in [2.45, 2.75) is 6.92 Å². The van der Waals surface area contributed by atoms with E-state index >= 15 is 0 Å². The van der Waals surface area contributed by atoms with Crippen LogP contribution in [0.25, 0.3) is 62.2 Å². The summed E-state index contributed by atoms with van der Waals surface area (Å²) in [5.74, 6) is -1.66. The minimum absolute atomic E-state index is 0.294. The topological polar surface area (TPSA) is 115 Å². The molecule has 7 rings (SSSR count). The summed E-state index contributed by atoms with van der Waals surface area (Å²) in [6.07, 6.45) is 11.1. The summed E-state index contributed by atoms with van der Waals surface area (Å²) in [6, 6.07) is 50.4. The number of carboxylic acids is 2. The molecule has 5 aromatic carbocycles. The predicted molar refractivity (Wildman–Crippen MR) is 253 cm³/mol. The lowest BCUT2D eigenvalue weighted by atomic mass is 10.1. The van der Waals surface area contributed by atoms with Gasteiger partial charge in [-0.3, -0.25) is 4.79 Å². The summed E-state index contributed by atoms with van der Waals surface area (Å²) >= 11 is 2.87. The van der Waals surface area contributed by atoms with Crippen LogP contribution in [0.5, 0.6) is 5.75 Å². The van der Waals surface area contributed by atoms with Crippen molar-refractivity contribution in [3.05, 3.63) is 200 Å². The Morgan fingerprint density at radius 2 is 1.02 bits per heavy atom. The summed E-state index contributed by atoms with van der Waals surface area (Å²) in [6.45, 7) is 9.64. The molecule has 302 valence electrons. The zero-order chi connectivity index (χ0) is 43.4. The highest BCUT2D eigenvalue weighted by atomic mass is 32.1. The minimum atomic E-state index is -1.24. The number of aliphatic carboxylic acids is 2. The molecule has 0 fully saturated rings. The van der Waals surface area contributed by atoms with Gasteiger partial charge in [0.25, 0.3) is 5.70 Å². The van der Waals surface area contributed by atoms with Crippen molar-refractivity contribution in [1.29, 1.82) is 5.26 Å². The molecule has 0 atom stereocenters. The Bertz CT molecular complexity index is 2730. The number of hydrogen-bond donors (Lipinski definition) is 2. The average Bonchev–Trinajstić information content (AvgIpc) is 3.98. The molecule has 62 heavy (non-hydrogen) atoms. The highest BCUT2D eigenvalue weighted by molar-refractivity contribution is 7.16. The molecule has 0 aliphatic heterocycles. The lowest BCUT2D eigenvalue weighted by Gasteiger charge is -2.26. The first-order chi connectivity index (χ1) is 30.2. The van der Waals surface area contributed by atoms with Crippen molar-refractivity contribution in [3.63, 3.8) is 0 Å². The molecule has 10 heteroatoms. The molecule has 8 nitrogen and oxygen atoms in total. The van der Waals surface area contributed by atoms with Gasteiger partial charge in [-0.1, -0.05) is 97.1 Å². The highest BCUT2D eigenvalue weighted by Gasteiger charge is 2.14. The van der Waals surface area contributed by atoms with E-state index in [4.69, 9.17) is 21.7 Å². The Kier molecular flexibility index (Phi) is 13.5. The van der Waals surface area contributed by atoms with Crippen molar-refractivity contribution in [3.8, 4) is 32.7 Å². The van der Waals surface area contributed by atoms with Crippen LogP contribution < -0.4 is 9.64 Å². The molecule has 0 saturated carbocycles. The van der Waals surface area contributed by atoms with Crippen LogP contribution in [0, 0.1) is 17.9 Å². The molecule has 2 N–H and O–H groups in total.